The molecule has 2 heterocycles. The lowest BCUT2D eigenvalue weighted by atomic mass is 9.99. The SMILES string of the molecule is COc1cccc(C2=CCN(c3ncccc3C#N)CC2)c1. The van der Waals surface area contributed by atoms with Crippen LogP contribution in [0.25, 0.3) is 5.57 Å². The maximum absolute atomic E-state index is 9.19. The van der Waals surface area contributed by atoms with Gasteiger partial charge in [-0.2, -0.15) is 5.26 Å². The normalized spacial score (nSPS) is 14.2. The Morgan fingerprint density at radius 3 is 2.91 bits per heavy atom. The second-order valence-electron chi connectivity index (χ2n) is 5.14. The minimum atomic E-state index is 0.626. The summed E-state index contributed by atoms with van der Waals surface area (Å²) in [6.45, 7) is 1.62. The number of pyridine rings is 1. The zero-order chi connectivity index (χ0) is 15.4. The molecule has 0 fully saturated rings. The predicted octanol–water partition coefficient (Wildman–Crippen LogP) is 3.26. The summed E-state index contributed by atoms with van der Waals surface area (Å²) in [5.41, 5.74) is 3.13. The van der Waals surface area contributed by atoms with E-state index in [1.807, 2.05) is 18.2 Å². The maximum atomic E-state index is 9.19. The zero-order valence-electron chi connectivity index (χ0n) is 12.5. The second-order valence-corrected chi connectivity index (χ2v) is 5.14. The molecule has 0 atom stereocenters. The van der Waals surface area contributed by atoms with Gasteiger partial charge >= 0.3 is 0 Å². The summed E-state index contributed by atoms with van der Waals surface area (Å²) in [6, 6.07) is 13.9. The van der Waals surface area contributed by atoms with E-state index < -0.39 is 0 Å². The van der Waals surface area contributed by atoms with Gasteiger partial charge in [0.1, 0.15) is 17.6 Å². The first kappa shape index (κ1) is 14.2. The number of hydrogen-bond acceptors (Lipinski definition) is 4. The molecular weight excluding hydrogens is 274 g/mol. The quantitative estimate of drug-likeness (QED) is 0.871. The highest BCUT2D eigenvalue weighted by atomic mass is 16.5. The van der Waals surface area contributed by atoms with Gasteiger partial charge in [0, 0.05) is 19.3 Å². The van der Waals surface area contributed by atoms with Crippen LogP contribution in [-0.2, 0) is 0 Å². The van der Waals surface area contributed by atoms with Crippen molar-refractivity contribution in [3.63, 3.8) is 0 Å². The molecule has 1 aliphatic heterocycles. The summed E-state index contributed by atoms with van der Waals surface area (Å²) in [4.78, 5) is 6.49. The first-order chi connectivity index (χ1) is 10.8. The highest BCUT2D eigenvalue weighted by Crippen LogP contribution is 2.27. The summed E-state index contributed by atoms with van der Waals surface area (Å²) < 4.78 is 5.28. The van der Waals surface area contributed by atoms with Gasteiger partial charge in [-0.25, -0.2) is 4.98 Å². The molecule has 110 valence electrons. The van der Waals surface area contributed by atoms with Crippen LogP contribution >= 0.6 is 0 Å². The summed E-state index contributed by atoms with van der Waals surface area (Å²) >= 11 is 0. The number of rotatable bonds is 3. The molecule has 1 aromatic heterocycles. The number of methoxy groups -OCH3 is 1. The molecule has 2 aromatic rings. The Kier molecular flexibility index (Phi) is 4.06. The third-order valence-corrected chi connectivity index (χ3v) is 3.86. The summed E-state index contributed by atoms with van der Waals surface area (Å²) in [6.07, 6.45) is 4.86. The first-order valence-electron chi connectivity index (χ1n) is 7.25. The van der Waals surface area contributed by atoms with Crippen LogP contribution in [0, 0.1) is 11.3 Å². The molecule has 0 N–H and O–H groups in total. The van der Waals surface area contributed by atoms with Crippen molar-refractivity contribution >= 4 is 11.4 Å². The monoisotopic (exact) mass is 291 g/mol. The highest BCUT2D eigenvalue weighted by molar-refractivity contribution is 5.70. The largest absolute Gasteiger partial charge is 0.497 e. The number of nitriles is 1. The van der Waals surface area contributed by atoms with Gasteiger partial charge in [0.25, 0.3) is 0 Å². The van der Waals surface area contributed by atoms with Crippen molar-refractivity contribution in [1.29, 1.82) is 5.26 Å². The molecule has 0 amide bonds. The lowest BCUT2D eigenvalue weighted by Gasteiger charge is -2.28. The van der Waals surface area contributed by atoms with Crippen LogP contribution in [0.3, 0.4) is 0 Å². The van der Waals surface area contributed by atoms with Crippen molar-refractivity contribution in [1.82, 2.24) is 4.98 Å². The zero-order valence-corrected chi connectivity index (χ0v) is 12.5. The Hall–Kier alpha value is -2.80. The van der Waals surface area contributed by atoms with Gasteiger partial charge in [-0.3, -0.25) is 0 Å². The molecule has 0 aliphatic carbocycles. The Morgan fingerprint density at radius 2 is 2.18 bits per heavy atom. The number of hydrogen-bond donors (Lipinski definition) is 0. The fourth-order valence-electron chi connectivity index (χ4n) is 2.68. The van der Waals surface area contributed by atoms with Crippen molar-refractivity contribution in [2.24, 2.45) is 0 Å². The fraction of sp³-hybridized carbons (Fsp3) is 0.222. The Bertz CT molecular complexity index is 746. The van der Waals surface area contributed by atoms with Crippen molar-refractivity contribution < 1.29 is 4.74 Å². The van der Waals surface area contributed by atoms with Crippen LogP contribution in [0.4, 0.5) is 5.82 Å². The summed E-state index contributed by atoms with van der Waals surface area (Å²) in [5, 5.41) is 9.19. The van der Waals surface area contributed by atoms with E-state index >= 15 is 0 Å². The minimum Gasteiger partial charge on any atom is -0.497 e. The molecule has 3 rings (SSSR count). The maximum Gasteiger partial charge on any atom is 0.146 e. The van der Waals surface area contributed by atoms with Gasteiger partial charge in [-0.15, -0.1) is 0 Å². The van der Waals surface area contributed by atoms with E-state index in [0.717, 1.165) is 31.1 Å². The second kappa shape index (κ2) is 6.31. The van der Waals surface area contributed by atoms with Crippen LogP contribution in [0.2, 0.25) is 0 Å². The summed E-state index contributed by atoms with van der Waals surface area (Å²) in [7, 11) is 1.68. The van der Waals surface area contributed by atoms with Crippen molar-refractivity contribution in [2.75, 3.05) is 25.1 Å². The van der Waals surface area contributed by atoms with Crippen LogP contribution in [0.1, 0.15) is 17.5 Å². The van der Waals surface area contributed by atoms with Crippen molar-refractivity contribution in [2.45, 2.75) is 6.42 Å². The highest BCUT2D eigenvalue weighted by Gasteiger charge is 2.17. The number of nitrogens with zero attached hydrogens (tertiary/aromatic N) is 3. The fourth-order valence-corrected chi connectivity index (χ4v) is 2.68. The Labute approximate surface area is 130 Å². The van der Waals surface area contributed by atoms with Gasteiger partial charge in [0.15, 0.2) is 0 Å². The first-order valence-corrected chi connectivity index (χ1v) is 7.25. The van der Waals surface area contributed by atoms with Crippen molar-refractivity contribution in [3.05, 3.63) is 59.8 Å². The Morgan fingerprint density at radius 1 is 1.27 bits per heavy atom. The van der Waals surface area contributed by atoms with E-state index in [2.05, 4.69) is 34.2 Å². The van der Waals surface area contributed by atoms with E-state index in [1.165, 1.54) is 11.1 Å². The molecule has 0 radical (unpaired) electrons. The Balaban J connectivity index is 1.81. The smallest absolute Gasteiger partial charge is 0.146 e. The third kappa shape index (κ3) is 2.79. The molecule has 1 aromatic carbocycles. The molecule has 0 saturated carbocycles. The topological polar surface area (TPSA) is 49.1 Å². The molecule has 0 bridgehead atoms. The predicted molar refractivity (Wildman–Crippen MR) is 86.8 cm³/mol. The molecule has 22 heavy (non-hydrogen) atoms. The lowest BCUT2D eigenvalue weighted by molar-refractivity contribution is 0.414. The average molecular weight is 291 g/mol. The van der Waals surface area contributed by atoms with Crippen LogP contribution in [0.5, 0.6) is 5.75 Å². The third-order valence-electron chi connectivity index (χ3n) is 3.86. The van der Waals surface area contributed by atoms with Gasteiger partial charge in [-0.1, -0.05) is 18.2 Å². The number of benzene rings is 1. The molecule has 0 unspecified atom stereocenters. The minimum absolute atomic E-state index is 0.626. The van der Waals surface area contributed by atoms with E-state index in [1.54, 1.807) is 19.4 Å². The van der Waals surface area contributed by atoms with E-state index in [-0.39, 0.29) is 0 Å². The lowest BCUT2D eigenvalue weighted by Crippen LogP contribution is -2.29. The van der Waals surface area contributed by atoms with E-state index in [0.29, 0.717) is 5.56 Å². The van der Waals surface area contributed by atoms with Crippen molar-refractivity contribution in [3.8, 4) is 11.8 Å². The van der Waals surface area contributed by atoms with Gasteiger partial charge in [0.05, 0.1) is 12.7 Å². The van der Waals surface area contributed by atoms with Crippen LogP contribution in [-0.4, -0.2) is 25.2 Å². The van der Waals surface area contributed by atoms with E-state index in [4.69, 9.17) is 4.74 Å². The number of ether oxygens (including phenoxy) is 1. The molecule has 4 nitrogen and oxygen atoms in total. The molecule has 1 aliphatic rings. The van der Waals surface area contributed by atoms with E-state index in [9.17, 15) is 5.26 Å². The van der Waals surface area contributed by atoms with Gasteiger partial charge in [-0.05, 0) is 41.8 Å². The average Bonchev–Trinajstić information content (AvgIpc) is 2.62. The summed E-state index contributed by atoms with van der Waals surface area (Å²) in [5.74, 6) is 1.64. The number of aromatic nitrogens is 1. The molecular formula is C18H17N3O. The number of anilines is 1. The van der Waals surface area contributed by atoms with Crippen LogP contribution in [0.15, 0.2) is 48.7 Å². The molecule has 0 saturated heterocycles. The molecule has 4 heteroatoms. The van der Waals surface area contributed by atoms with Gasteiger partial charge < -0.3 is 9.64 Å². The molecule has 0 spiro atoms. The van der Waals surface area contributed by atoms with Crippen LogP contribution < -0.4 is 9.64 Å². The van der Waals surface area contributed by atoms with Gasteiger partial charge in [0.2, 0.25) is 0 Å². The standard InChI is InChI=1S/C18H17N3O/c1-22-17-6-2-4-15(12-17)14-7-10-21(11-8-14)18-16(13-19)5-3-9-20-18/h2-7,9,12H,8,10-11H2,1H3.